The van der Waals surface area contributed by atoms with Gasteiger partial charge in [0.05, 0.1) is 17.5 Å². The highest BCUT2D eigenvalue weighted by molar-refractivity contribution is 5.27. The molecule has 0 saturated heterocycles. The van der Waals surface area contributed by atoms with Crippen LogP contribution in [0, 0.1) is 6.92 Å². The lowest BCUT2D eigenvalue weighted by atomic mass is 10.1. The van der Waals surface area contributed by atoms with E-state index in [9.17, 15) is 4.79 Å². The second-order valence-corrected chi connectivity index (χ2v) is 5.82. The number of nitrogen functional groups attached to an aromatic ring is 1. The average Bonchev–Trinajstić information content (AvgIpc) is 2.81. The quantitative estimate of drug-likeness (QED) is 0.872. The highest BCUT2D eigenvalue weighted by Gasteiger charge is 2.21. The summed E-state index contributed by atoms with van der Waals surface area (Å²) in [6.07, 6.45) is 3.76. The van der Waals surface area contributed by atoms with E-state index >= 15 is 0 Å². The molecule has 0 aromatic carbocycles. The highest BCUT2D eigenvalue weighted by atomic mass is 16.1. The molecule has 0 aliphatic carbocycles. The number of aromatic nitrogens is 4. The van der Waals surface area contributed by atoms with Crippen LogP contribution in [-0.4, -0.2) is 31.2 Å². The number of nitrogens with two attached hydrogens (primary N) is 1. The Morgan fingerprint density at radius 3 is 3.05 bits per heavy atom. The third-order valence-electron chi connectivity index (χ3n) is 4.20. The van der Waals surface area contributed by atoms with Crippen LogP contribution in [0.3, 0.4) is 0 Å². The molecule has 0 unspecified atom stereocenters. The normalized spacial score (nSPS) is 15.0. The molecular formula is C15H22N6O. The molecule has 22 heavy (non-hydrogen) atoms. The van der Waals surface area contributed by atoms with Crippen molar-refractivity contribution in [2.24, 2.45) is 0 Å². The minimum atomic E-state index is -0.120. The van der Waals surface area contributed by atoms with Gasteiger partial charge in [-0.1, -0.05) is 6.92 Å². The summed E-state index contributed by atoms with van der Waals surface area (Å²) < 4.78 is 2.04. The molecule has 0 spiro atoms. The number of anilines is 1. The number of aromatic amines is 1. The van der Waals surface area contributed by atoms with E-state index in [4.69, 9.17) is 5.73 Å². The van der Waals surface area contributed by atoms with E-state index in [-0.39, 0.29) is 11.5 Å². The maximum Gasteiger partial charge on any atom is 0.257 e. The number of nitrogens with zero attached hydrogens (tertiary/aromatic N) is 4. The first-order valence-electron chi connectivity index (χ1n) is 7.69. The van der Waals surface area contributed by atoms with E-state index < -0.39 is 0 Å². The SMILES string of the molecule is CCCn1ncc(CN2CCc3nc(N)[nH]c(=O)c3C2)c1C. The molecular weight excluding hydrogens is 280 g/mol. The molecule has 0 atom stereocenters. The molecule has 0 amide bonds. The number of fused-ring (bicyclic) bond motifs is 1. The minimum absolute atomic E-state index is 0.120. The second-order valence-electron chi connectivity index (χ2n) is 5.82. The van der Waals surface area contributed by atoms with Gasteiger partial charge in [0.2, 0.25) is 5.95 Å². The van der Waals surface area contributed by atoms with Crippen LogP contribution in [0.1, 0.15) is 35.9 Å². The minimum Gasteiger partial charge on any atom is -0.369 e. The van der Waals surface area contributed by atoms with E-state index in [1.54, 1.807) is 0 Å². The molecule has 1 aliphatic heterocycles. The van der Waals surface area contributed by atoms with Gasteiger partial charge >= 0.3 is 0 Å². The zero-order valence-corrected chi connectivity index (χ0v) is 13.1. The molecule has 0 fully saturated rings. The van der Waals surface area contributed by atoms with Crippen LogP contribution >= 0.6 is 0 Å². The standard InChI is InChI=1S/C15H22N6O/c1-3-5-21-10(2)11(7-17-21)8-20-6-4-13-12(9-20)14(22)19-15(16)18-13/h7H,3-6,8-9H2,1-2H3,(H3,16,18,19,22). The first-order valence-corrected chi connectivity index (χ1v) is 7.69. The number of hydrogen-bond donors (Lipinski definition) is 2. The summed E-state index contributed by atoms with van der Waals surface area (Å²) in [5, 5.41) is 4.44. The molecule has 1 aliphatic rings. The topological polar surface area (TPSA) is 92.8 Å². The zero-order valence-electron chi connectivity index (χ0n) is 13.1. The zero-order chi connectivity index (χ0) is 15.7. The van der Waals surface area contributed by atoms with Gasteiger partial charge in [-0.25, -0.2) is 4.98 Å². The number of hydrogen-bond acceptors (Lipinski definition) is 5. The van der Waals surface area contributed by atoms with E-state index in [1.807, 2.05) is 10.9 Å². The van der Waals surface area contributed by atoms with Crippen LogP contribution in [0.4, 0.5) is 5.95 Å². The molecule has 3 rings (SSSR count). The van der Waals surface area contributed by atoms with Crippen LogP contribution in [-0.2, 0) is 26.1 Å². The van der Waals surface area contributed by atoms with Crippen molar-refractivity contribution in [1.82, 2.24) is 24.6 Å². The van der Waals surface area contributed by atoms with Gasteiger partial charge in [-0.2, -0.15) is 5.10 Å². The van der Waals surface area contributed by atoms with Gasteiger partial charge in [-0.05, 0) is 13.3 Å². The molecule has 0 saturated carbocycles. The van der Waals surface area contributed by atoms with Gasteiger partial charge in [0.25, 0.3) is 5.56 Å². The number of H-pyrrole nitrogens is 1. The lowest BCUT2D eigenvalue weighted by Crippen LogP contribution is -2.35. The maximum absolute atomic E-state index is 12.0. The summed E-state index contributed by atoms with van der Waals surface area (Å²) in [6, 6.07) is 0. The van der Waals surface area contributed by atoms with Crippen molar-refractivity contribution in [3.8, 4) is 0 Å². The predicted octanol–water partition coefficient (Wildman–Crippen LogP) is 0.825. The van der Waals surface area contributed by atoms with Gasteiger partial charge in [0.15, 0.2) is 0 Å². The van der Waals surface area contributed by atoms with Gasteiger partial charge < -0.3 is 5.73 Å². The third kappa shape index (κ3) is 2.76. The van der Waals surface area contributed by atoms with E-state index in [2.05, 4.69) is 33.8 Å². The molecule has 0 radical (unpaired) electrons. The number of aryl methyl sites for hydroxylation is 1. The van der Waals surface area contributed by atoms with Crippen LogP contribution < -0.4 is 11.3 Å². The van der Waals surface area contributed by atoms with Crippen molar-refractivity contribution in [3.63, 3.8) is 0 Å². The molecule has 3 N–H and O–H groups in total. The Kier molecular flexibility index (Phi) is 3.98. The lowest BCUT2D eigenvalue weighted by Gasteiger charge is -2.27. The summed E-state index contributed by atoms with van der Waals surface area (Å²) in [5.74, 6) is 0.203. The summed E-state index contributed by atoms with van der Waals surface area (Å²) in [6.45, 7) is 7.48. The summed E-state index contributed by atoms with van der Waals surface area (Å²) in [7, 11) is 0. The largest absolute Gasteiger partial charge is 0.369 e. The van der Waals surface area contributed by atoms with Crippen molar-refractivity contribution in [1.29, 1.82) is 0 Å². The van der Waals surface area contributed by atoms with E-state index in [1.165, 1.54) is 11.3 Å². The molecule has 7 heteroatoms. The monoisotopic (exact) mass is 302 g/mol. The Morgan fingerprint density at radius 2 is 2.27 bits per heavy atom. The van der Waals surface area contributed by atoms with E-state index in [0.29, 0.717) is 6.54 Å². The maximum atomic E-state index is 12.0. The number of rotatable bonds is 4. The van der Waals surface area contributed by atoms with Gasteiger partial charge in [-0.3, -0.25) is 19.4 Å². The molecule has 7 nitrogen and oxygen atoms in total. The first kappa shape index (κ1) is 14.8. The van der Waals surface area contributed by atoms with Crippen LogP contribution in [0.5, 0.6) is 0 Å². The highest BCUT2D eigenvalue weighted by Crippen LogP contribution is 2.18. The average molecular weight is 302 g/mol. The van der Waals surface area contributed by atoms with Gasteiger partial charge in [0.1, 0.15) is 0 Å². The molecule has 3 heterocycles. The fraction of sp³-hybridized carbons (Fsp3) is 0.533. The first-order chi connectivity index (χ1) is 10.6. The fourth-order valence-electron chi connectivity index (χ4n) is 2.95. The van der Waals surface area contributed by atoms with Crippen molar-refractivity contribution in [2.75, 3.05) is 12.3 Å². The summed E-state index contributed by atoms with van der Waals surface area (Å²) in [5.41, 5.74) is 9.47. The fourth-order valence-corrected chi connectivity index (χ4v) is 2.95. The predicted molar refractivity (Wildman–Crippen MR) is 84.3 cm³/mol. The summed E-state index contributed by atoms with van der Waals surface area (Å²) >= 11 is 0. The number of nitrogens with one attached hydrogen (secondary N) is 1. The van der Waals surface area contributed by atoms with Gasteiger partial charge in [-0.15, -0.1) is 0 Å². The van der Waals surface area contributed by atoms with Crippen LogP contribution in [0.25, 0.3) is 0 Å². The second kappa shape index (κ2) is 5.92. The van der Waals surface area contributed by atoms with Crippen molar-refractivity contribution >= 4 is 5.95 Å². The summed E-state index contributed by atoms with van der Waals surface area (Å²) in [4.78, 5) is 21.1. The molecule has 2 aromatic heterocycles. The molecule has 2 aromatic rings. The van der Waals surface area contributed by atoms with Gasteiger partial charge in [0, 0.05) is 43.9 Å². The smallest absolute Gasteiger partial charge is 0.257 e. The lowest BCUT2D eigenvalue weighted by molar-refractivity contribution is 0.241. The van der Waals surface area contributed by atoms with Crippen LogP contribution in [0.2, 0.25) is 0 Å². The van der Waals surface area contributed by atoms with Crippen molar-refractivity contribution in [2.45, 2.75) is 46.3 Å². The van der Waals surface area contributed by atoms with Crippen molar-refractivity contribution < 1.29 is 0 Å². The van der Waals surface area contributed by atoms with E-state index in [0.717, 1.165) is 43.7 Å². The Labute approximate surface area is 129 Å². The third-order valence-corrected chi connectivity index (χ3v) is 4.20. The Hall–Kier alpha value is -2.15. The van der Waals surface area contributed by atoms with Crippen molar-refractivity contribution in [3.05, 3.63) is 39.1 Å². The molecule has 0 bridgehead atoms. The Balaban J connectivity index is 1.77. The Bertz CT molecular complexity index is 732. The van der Waals surface area contributed by atoms with Crippen LogP contribution in [0.15, 0.2) is 11.0 Å². The molecule has 118 valence electrons. The Morgan fingerprint density at radius 1 is 1.45 bits per heavy atom.